The molecule has 3 rings (SSSR count). The molecule has 1 aliphatic carbocycles. The Labute approximate surface area is 156 Å². The lowest BCUT2D eigenvalue weighted by Gasteiger charge is -2.25. The highest BCUT2D eigenvalue weighted by Gasteiger charge is 2.29. The molecule has 5 nitrogen and oxygen atoms in total. The van der Waals surface area contributed by atoms with Crippen molar-refractivity contribution in [2.75, 3.05) is 14.1 Å². The molecule has 0 fully saturated rings. The molecule has 0 unspecified atom stereocenters. The first-order chi connectivity index (χ1) is 12.5. The summed E-state index contributed by atoms with van der Waals surface area (Å²) in [4.78, 5) is 14.2. The molecule has 5 heteroatoms. The maximum Gasteiger partial charge on any atom is 0.274 e. The van der Waals surface area contributed by atoms with Crippen LogP contribution in [0.1, 0.15) is 52.6 Å². The molecule has 0 saturated carbocycles. The van der Waals surface area contributed by atoms with Crippen molar-refractivity contribution in [2.45, 2.75) is 58.7 Å². The lowest BCUT2D eigenvalue weighted by Crippen LogP contribution is -2.35. The van der Waals surface area contributed by atoms with Gasteiger partial charge < -0.3 is 10.2 Å². The second-order valence-electron chi connectivity index (χ2n) is 7.44. The Morgan fingerprint density at radius 2 is 2.12 bits per heavy atom. The summed E-state index contributed by atoms with van der Waals surface area (Å²) in [7, 11) is 3.59. The summed E-state index contributed by atoms with van der Waals surface area (Å²) in [6.45, 7) is 6.05. The predicted octanol–water partition coefficient (Wildman–Crippen LogP) is 2.95. The van der Waals surface area contributed by atoms with Gasteiger partial charge in [0.1, 0.15) is 0 Å². The maximum atomic E-state index is 12.6. The molecule has 0 bridgehead atoms. The van der Waals surface area contributed by atoms with Crippen LogP contribution in [0.2, 0.25) is 0 Å². The van der Waals surface area contributed by atoms with E-state index in [1.165, 1.54) is 16.8 Å². The molecule has 1 aromatic carbocycles. The van der Waals surface area contributed by atoms with Crippen molar-refractivity contribution in [3.05, 3.63) is 52.3 Å². The van der Waals surface area contributed by atoms with E-state index in [9.17, 15) is 4.79 Å². The molecule has 0 spiro atoms. The molecule has 26 heavy (non-hydrogen) atoms. The Hall–Kier alpha value is -2.14. The number of benzene rings is 1. The largest absolute Gasteiger partial charge is 0.343 e. The quantitative estimate of drug-likeness (QED) is 0.868. The van der Waals surface area contributed by atoms with Gasteiger partial charge >= 0.3 is 0 Å². The van der Waals surface area contributed by atoms with Gasteiger partial charge in [0.25, 0.3) is 5.91 Å². The molecule has 1 N–H and O–H groups in total. The van der Waals surface area contributed by atoms with E-state index >= 15 is 0 Å². The highest BCUT2D eigenvalue weighted by Crippen LogP contribution is 2.26. The van der Waals surface area contributed by atoms with Gasteiger partial charge in [-0.05, 0) is 43.7 Å². The van der Waals surface area contributed by atoms with Gasteiger partial charge in [0.05, 0.1) is 0 Å². The monoisotopic (exact) mass is 354 g/mol. The number of hydrogen-bond donors (Lipinski definition) is 1. The molecule has 1 amide bonds. The number of aryl methyl sites for hydroxylation is 2. The normalized spacial score (nSPS) is 16.4. The van der Waals surface area contributed by atoms with Crippen molar-refractivity contribution in [3.63, 3.8) is 0 Å². The topological polar surface area (TPSA) is 50.2 Å². The SMILES string of the molecule is CCCn1nc(C(=O)N(C)C)c2c1CC[C@H](NCc1ccccc1C)C2. The molecular formula is C21H30N4O. The average molecular weight is 354 g/mol. The van der Waals surface area contributed by atoms with Crippen molar-refractivity contribution < 1.29 is 4.79 Å². The molecule has 0 saturated heterocycles. The van der Waals surface area contributed by atoms with Crippen LogP contribution in [-0.2, 0) is 25.9 Å². The van der Waals surface area contributed by atoms with Gasteiger partial charge in [0.15, 0.2) is 5.69 Å². The van der Waals surface area contributed by atoms with E-state index in [4.69, 9.17) is 0 Å². The maximum absolute atomic E-state index is 12.6. The third-order valence-electron chi connectivity index (χ3n) is 5.23. The first-order valence-electron chi connectivity index (χ1n) is 9.59. The molecule has 1 aliphatic rings. The third-order valence-corrected chi connectivity index (χ3v) is 5.23. The fourth-order valence-corrected chi connectivity index (χ4v) is 3.71. The minimum atomic E-state index is 0.00987. The van der Waals surface area contributed by atoms with Gasteiger partial charge in [-0.2, -0.15) is 5.10 Å². The number of nitrogens with one attached hydrogen (secondary N) is 1. The fraction of sp³-hybridized carbons (Fsp3) is 0.524. The third kappa shape index (κ3) is 3.83. The van der Waals surface area contributed by atoms with Gasteiger partial charge in [0, 0.05) is 44.5 Å². The van der Waals surface area contributed by atoms with E-state index < -0.39 is 0 Å². The van der Waals surface area contributed by atoms with Crippen LogP contribution in [0.5, 0.6) is 0 Å². The Balaban J connectivity index is 1.78. The molecule has 0 aliphatic heterocycles. The first-order valence-corrected chi connectivity index (χ1v) is 9.59. The van der Waals surface area contributed by atoms with E-state index in [1.807, 2.05) is 0 Å². The van der Waals surface area contributed by atoms with Gasteiger partial charge in [0.2, 0.25) is 0 Å². The Morgan fingerprint density at radius 1 is 1.35 bits per heavy atom. The zero-order valence-corrected chi connectivity index (χ0v) is 16.4. The molecule has 1 heterocycles. The van der Waals surface area contributed by atoms with E-state index in [2.05, 4.69) is 53.2 Å². The van der Waals surface area contributed by atoms with E-state index in [-0.39, 0.29) is 5.91 Å². The number of fused-ring (bicyclic) bond motifs is 1. The number of rotatable bonds is 6. The van der Waals surface area contributed by atoms with Crippen molar-refractivity contribution >= 4 is 5.91 Å². The lowest BCUT2D eigenvalue weighted by atomic mass is 9.90. The standard InChI is InChI=1S/C21H30N4O/c1-5-12-25-19-11-10-17(22-14-16-9-7-6-8-15(16)2)13-18(19)20(23-25)21(26)24(3)4/h6-9,17,22H,5,10-14H2,1-4H3/t17-/m0/s1. The molecule has 2 aromatic rings. The first kappa shape index (κ1) is 18.6. The zero-order chi connectivity index (χ0) is 18.7. The van der Waals surface area contributed by atoms with Gasteiger partial charge in [-0.15, -0.1) is 0 Å². The van der Waals surface area contributed by atoms with Crippen LogP contribution < -0.4 is 5.32 Å². The van der Waals surface area contributed by atoms with Crippen LogP contribution in [0.3, 0.4) is 0 Å². The number of hydrogen-bond acceptors (Lipinski definition) is 3. The van der Waals surface area contributed by atoms with Crippen molar-refractivity contribution in [1.82, 2.24) is 20.0 Å². The van der Waals surface area contributed by atoms with Gasteiger partial charge in [-0.3, -0.25) is 9.48 Å². The second kappa shape index (κ2) is 8.04. The fourth-order valence-electron chi connectivity index (χ4n) is 3.71. The van der Waals surface area contributed by atoms with Crippen molar-refractivity contribution in [3.8, 4) is 0 Å². The van der Waals surface area contributed by atoms with Crippen LogP contribution >= 0.6 is 0 Å². The smallest absolute Gasteiger partial charge is 0.274 e. The van der Waals surface area contributed by atoms with Crippen LogP contribution in [0.15, 0.2) is 24.3 Å². The van der Waals surface area contributed by atoms with Crippen molar-refractivity contribution in [1.29, 1.82) is 0 Å². The number of carbonyl (C=O) groups is 1. The molecule has 1 atom stereocenters. The Bertz CT molecular complexity index is 778. The summed E-state index contributed by atoms with van der Waals surface area (Å²) in [6.07, 6.45) is 3.97. The van der Waals surface area contributed by atoms with E-state index in [0.29, 0.717) is 11.7 Å². The van der Waals surface area contributed by atoms with Gasteiger partial charge in [-0.25, -0.2) is 0 Å². The molecule has 1 aromatic heterocycles. The van der Waals surface area contributed by atoms with E-state index in [1.54, 1.807) is 19.0 Å². The van der Waals surface area contributed by atoms with Crippen LogP contribution in [0.4, 0.5) is 0 Å². The second-order valence-corrected chi connectivity index (χ2v) is 7.44. The summed E-state index contributed by atoms with van der Waals surface area (Å²) in [5, 5.41) is 8.36. The number of amides is 1. The average Bonchev–Trinajstić information content (AvgIpc) is 2.98. The van der Waals surface area contributed by atoms with Gasteiger partial charge in [-0.1, -0.05) is 31.2 Å². The summed E-state index contributed by atoms with van der Waals surface area (Å²) in [5.41, 5.74) is 5.69. The summed E-state index contributed by atoms with van der Waals surface area (Å²) >= 11 is 0. The number of carbonyl (C=O) groups excluding carboxylic acids is 1. The molecule has 0 radical (unpaired) electrons. The summed E-state index contributed by atoms with van der Waals surface area (Å²) in [5.74, 6) is 0.00987. The Morgan fingerprint density at radius 3 is 2.81 bits per heavy atom. The minimum Gasteiger partial charge on any atom is -0.343 e. The lowest BCUT2D eigenvalue weighted by molar-refractivity contribution is 0.0819. The highest BCUT2D eigenvalue weighted by atomic mass is 16.2. The number of nitrogens with zero attached hydrogens (tertiary/aromatic N) is 3. The highest BCUT2D eigenvalue weighted by molar-refractivity contribution is 5.93. The summed E-state index contributed by atoms with van der Waals surface area (Å²) in [6, 6.07) is 8.88. The Kier molecular flexibility index (Phi) is 5.77. The van der Waals surface area contributed by atoms with Crippen molar-refractivity contribution in [2.24, 2.45) is 0 Å². The zero-order valence-electron chi connectivity index (χ0n) is 16.4. The summed E-state index contributed by atoms with van der Waals surface area (Å²) < 4.78 is 2.06. The van der Waals surface area contributed by atoms with Crippen LogP contribution in [0, 0.1) is 6.92 Å². The van der Waals surface area contributed by atoms with Crippen LogP contribution in [-0.4, -0.2) is 40.7 Å². The predicted molar refractivity (Wildman–Crippen MR) is 104 cm³/mol. The minimum absolute atomic E-state index is 0.00987. The molecule has 140 valence electrons. The van der Waals surface area contributed by atoms with E-state index in [0.717, 1.165) is 44.3 Å². The molecular weight excluding hydrogens is 324 g/mol. The van der Waals surface area contributed by atoms with Crippen LogP contribution in [0.25, 0.3) is 0 Å². The number of aromatic nitrogens is 2.